The summed E-state index contributed by atoms with van der Waals surface area (Å²) in [4.78, 5) is 35.8. The van der Waals surface area contributed by atoms with E-state index >= 15 is 0 Å². The Bertz CT molecular complexity index is 397. The predicted molar refractivity (Wildman–Crippen MR) is 77.3 cm³/mol. The topological polar surface area (TPSA) is 105 Å². The third-order valence-electron chi connectivity index (χ3n) is 4.28. The lowest BCUT2D eigenvalue weighted by molar-refractivity contribution is -0.126. The van der Waals surface area contributed by atoms with Crippen molar-refractivity contribution in [2.75, 3.05) is 19.6 Å². The van der Waals surface area contributed by atoms with Crippen LogP contribution in [0.15, 0.2) is 0 Å². The zero-order valence-corrected chi connectivity index (χ0v) is 12.3. The predicted octanol–water partition coefficient (Wildman–Crippen LogP) is -0.0479. The number of amides is 4. The Hall–Kier alpha value is -1.63. The number of imide groups is 1. The summed E-state index contributed by atoms with van der Waals surface area (Å²) >= 11 is 0. The molecule has 2 unspecified atom stereocenters. The highest BCUT2D eigenvalue weighted by Gasteiger charge is 2.28. The van der Waals surface area contributed by atoms with Crippen LogP contribution in [0.25, 0.3) is 0 Å². The van der Waals surface area contributed by atoms with Crippen molar-refractivity contribution in [3.8, 4) is 0 Å². The summed E-state index contributed by atoms with van der Waals surface area (Å²) in [5, 5.41) is 5.50. The molecule has 21 heavy (non-hydrogen) atoms. The second-order valence-electron chi connectivity index (χ2n) is 5.76. The van der Waals surface area contributed by atoms with Gasteiger partial charge in [0.1, 0.15) is 0 Å². The number of nitrogens with two attached hydrogens (primary N) is 1. The van der Waals surface area contributed by atoms with Crippen LogP contribution in [-0.4, -0.2) is 48.4 Å². The van der Waals surface area contributed by atoms with Crippen LogP contribution >= 0.6 is 0 Å². The highest BCUT2D eigenvalue weighted by molar-refractivity contribution is 6.01. The summed E-state index contributed by atoms with van der Waals surface area (Å²) in [7, 11) is 0. The van der Waals surface area contributed by atoms with Gasteiger partial charge in [-0.15, -0.1) is 0 Å². The Morgan fingerprint density at radius 3 is 2.76 bits per heavy atom. The molecule has 2 aliphatic rings. The number of carbonyl (C=O) groups excluding carboxylic acids is 3. The zero-order chi connectivity index (χ0) is 15.2. The average Bonchev–Trinajstić information content (AvgIpc) is 2.79. The third kappa shape index (κ3) is 4.17. The van der Waals surface area contributed by atoms with E-state index in [1.807, 2.05) is 0 Å². The fourth-order valence-corrected chi connectivity index (χ4v) is 3.04. The first-order valence-corrected chi connectivity index (χ1v) is 7.69. The summed E-state index contributed by atoms with van der Waals surface area (Å²) < 4.78 is 0. The van der Waals surface area contributed by atoms with Crippen molar-refractivity contribution >= 4 is 17.8 Å². The molecule has 1 heterocycles. The molecule has 7 heteroatoms. The monoisotopic (exact) mass is 296 g/mol. The molecule has 4 N–H and O–H groups in total. The second kappa shape index (κ2) is 7.40. The minimum absolute atomic E-state index is 0.0209. The van der Waals surface area contributed by atoms with Crippen molar-refractivity contribution in [2.24, 2.45) is 11.7 Å². The number of rotatable bonds is 6. The van der Waals surface area contributed by atoms with Crippen molar-refractivity contribution < 1.29 is 14.4 Å². The second-order valence-corrected chi connectivity index (χ2v) is 5.76. The minimum Gasteiger partial charge on any atom is -0.353 e. The van der Waals surface area contributed by atoms with Gasteiger partial charge in [0.05, 0.1) is 6.54 Å². The van der Waals surface area contributed by atoms with Gasteiger partial charge in [0.25, 0.3) is 0 Å². The minimum atomic E-state index is -0.365. The molecule has 2 fully saturated rings. The van der Waals surface area contributed by atoms with Gasteiger partial charge in [-0.1, -0.05) is 12.8 Å². The van der Waals surface area contributed by atoms with E-state index in [9.17, 15) is 14.4 Å². The largest absolute Gasteiger partial charge is 0.353 e. The van der Waals surface area contributed by atoms with Gasteiger partial charge in [0, 0.05) is 19.0 Å². The third-order valence-corrected chi connectivity index (χ3v) is 4.28. The summed E-state index contributed by atoms with van der Waals surface area (Å²) in [6, 6.07) is -0.191. The maximum Gasteiger partial charge on any atom is 0.324 e. The van der Waals surface area contributed by atoms with Crippen molar-refractivity contribution in [1.82, 2.24) is 15.5 Å². The van der Waals surface area contributed by atoms with Gasteiger partial charge in [-0.05, 0) is 31.7 Å². The average molecular weight is 296 g/mol. The molecule has 0 spiro atoms. The SMILES string of the molecule is NCC1CCCCC1NC(=O)CCCN1C(=O)CNC1=O. The van der Waals surface area contributed by atoms with Crippen LogP contribution in [-0.2, 0) is 9.59 Å². The van der Waals surface area contributed by atoms with E-state index in [4.69, 9.17) is 5.73 Å². The molecule has 7 nitrogen and oxygen atoms in total. The molecule has 2 rings (SSSR count). The molecule has 0 aromatic heterocycles. The number of hydrogen-bond acceptors (Lipinski definition) is 4. The first-order valence-electron chi connectivity index (χ1n) is 7.69. The van der Waals surface area contributed by atoms with E-state index in [2.05, 4.69) is 10.6 Å². The van der Waals surface area contributed by atoms with Gasteiger partial charge in [0.15, 0.2) is 0 Å². The molecule has 1 aliphatic carbocycles. The van der Waals surface area contributed by atoms with E-state index < -0.39 is 0 Å². The maximum absolute atomic E-state index is 12.0. The van der Waals surface area contributed by atoms with Gasteiger partial charge in [-0.2, -0.15) is 0 Å². The van der Waals surface area contributed by atoms with E-state index in [0.29, 0.717) is 31.8 Å². The lowest BCUT2D eigenvalue weighted by Gasteiger charge is -2.31. The van der Waals surface area contributed by atoms with Crippen LogP contribution in [0.2, 0.25) is 0 Å². The molecule has 2 atom stereocenters. The van der Waals surface area contributed by atoms with Gasteiger partial charge in [-0.25, -0.2) is 4.79 Å². The smallest absolute Gasteiger partial charge is 0.324 e. The van der Waals surface area contributed by atoms with E-state index in [1.165, 1.54) is 6.42 Å². The van der Waals surface area contributed by atoms with E-state index in [-0.39, 0.29) is 30.4 Å². The van der Waals surface area contributed by atoms with Crippen molar-refractivity contribution in [1.29, 1.82) is 0 Å². The van der Waals surface area contributed by atoms with Gasteiger partial charge < -0.3 is 16.4 Å². The summed E-state index contributed by atoms with van der Waals surface area (Å²) in [5.74, 6) is 0.122. The van der Waals surface area contributed by atoms with Crippen LogP contribution in [0.5, 0.6) is 0 Å². The Kier molecular flexibility index (Phi) is 5.55. The molecule has 0 radical (unpaired) electrons. The van der Waals surface area contributed by atoms with Crippen LogP contribution < -0.4 is 16.4 Å². The van der Waals surface area contributed by atoms with Gasteiger partial charge in [0.2, 0.25) is 11.8 Å². The van der Waals surface area contributed by atoms with Gasteiger partial charge in [-0.3, -0.25) is 14.5 Å². The first kappa shape index (κ1) is 15.8. The summed E-state index contributed by atoms with van der Waals surface area (Å²) in [5.41, 5.74) is 5.74. The zero-order valence-electron chi connectivity index (χ0n) is 12.3. The standard InChI is InChI=1S/C14H24N4O3/c15-8-10-4-1-2-5-11(10)17-12(19)6-3-7-18-13(20)9-16-14(18)21/h10-11H,1-9,15H2,(H,16,21)(H,17,19). The van der Waals surface area contributed by atoms with E-state index in [0.717, 1.165) is 24.2 Å². The Labute approximate surface area is 124 Å². The Morgan fingerprint density at radius 1 is 1.33 bits per heavy atom. The molecular formula is C14H24N4O3. The first-order chi connectivity index (χ1) is 10.1. The molecule has 1 aliphatic heterocycles. The highest BCUT2D eigenvalue weighted by atomic mass is 16.2. The Morgan fingerprint density at radius 2 is 2.10 bits per heavy atom. The number of nitrogens with one attached hydrogen (secondary N) is 2. The quantitative estimate of drug-likeness (QED) is 0.598. The fourth-order valence-electron chi connectivity index (χ4n) is 3.04. The maximum atomic E-state index is 12.0. The number of urea groups is 1. The number of carbonyl (C=O) groups is 3. The molecule has 4 amide bonds. The van der Waals surface area contributed by atoms with Crippen LogP contribution in [0.1, 0.15) is 38.5 Å². The summed E-state index contributed by atoms with van der Waals surface area (Å²) in [6.45, 7) is 0.960. The molecule has 1 saturated carbocycles. The molecular weight excluding hydrogens is 272 g/mol. The number of nitrogens with zero attached hydrogens (tertiary/aromatic N) is 1. The van der Waals surface area contributed by atoms with Crippen LogP contribution in [0.4, 0.5) is 4.79 Å². The van der Waals surface area contributed by atoms with Gasteiger partial charge >= 0.3 is 6.03 Å². The van der Waals surface area contributed by atoms with Crippen molar-refractivity contribution in [3.63, 3.8) is 0 Å². The molecule has 118 valence electrons. The molecule has 0 bridgehead atoms. The number of hydrogen-bond donors (Lipinski definition) is 3. The van der Waals surface area contributed by atoms with E-state index in [1.54, 1.807) is 0 Å². The lowest BCUT2D eigenvalue weighted by atomic mass is 9.84. The molecule has 0 aromatic rings. The lowest BCUT2D eigenvalue weighted by Crippen LogP contribution is -2.44. The van der Waals surface area contributed by atoms with Crippen molar-refractivity contribution in [3.05, 3.63) is 0 Å². The molecule has 1 saturated heterocycles. The van der Waals surface area contributed by atoms with Crippen LogP contribution in [0.3, 0.4) is 0 Å². The Balaban J connectivity index is 1.69. The summed E-state index contributed by atoms with van der Waals surface area (Å²) in [6.07, 6.45) is 5.19. The van der Waals surface area contributed by atoms with Crippen molar-refractivity contribution in [2.45, 2.75) is 44.6 Å². The van der Waals surface area contributed by atoms with Crippen LogP contribution in [0, 0.1) is 5.92 Å². The fraction of sp³-hybridized carbons (Fsp3) is 0.786. The highest BCUT2D eigenvalue weighted by Crippen LogP contribution is 2.23. The molecule has 0 aromatic carbocycles. The normalized spacial score (nSPS) is 25.9.